The molecule has 1 saturated carbocycles. The van der Waals surface area contributed by atoms with Crippen molar-refractivity contribution in [3.63, 3.8) is 0 Å². The molecule has 5 nitrogen and oxygen atoms in total. The molecule has 5 heteroatoms. The standard InChI is InChI=1S/C9H17N3O2/c10-8(13)5-12-7-3-1-6(2-4-7)9(11)14/h6-7,12H,1-5H2,(H2,10,13)(H2,11,14). The molecule has 0 aliphatic heterocycles. The average molecular weight is 199 g/mol. The second kappa shape index (κ2) is 4.95. The fourth-order valence-electron chi connectivity index (χ4n) is 1.83. The molecule has 2 amide bonds. The third kappa shape index (κ3) is 3.33. The van der Waals surface area contributed by atoms with E-state index in [1.807, 2.05) is 0 Å². The minimum Gasteiger partial charge on any atom is -0.369 e. The van der Waals surface area contributed by atoms with Crippen molar-refractivity contribution in [2.75, 3.05) is 6.54 Å². The van der Waals surface area contributed by atoms with Crippen LogP contribution in [0.5, 0.6) is 0 Å². The van der Waals surface area contributed by atoms with Crippen molar-refractivity contribution in [3.05, 3.63) is 0 Å². The van der Waals surface area contributed by atoms with E-state index in [2.05, 4.69) is 5.32 Å². The van der Waals surface area contributed by atoms with Gasteiger partial charge in [0.05, 0.1) is 6.54 Å². The van der Waals surface area contributed by atoms with Gasteiger partial charge in [-0.1, -0.05) is 0 Å². The third-order valence-corrected chi connectivity index (χ3v) is 2.69. The van der Waals surface area contributed by atoms with Crippen LogP contribution in [-0.2, 0) is 9.59 Å². The monoisotopic (exact) mass is 199 g/mol. The zero-order valence-electron chi connectivity index (χ0n) is 8.16. The molecule has 1 aliphatic rings. The van der Waals surface area contributed by atoms with Crippen molar-refractivity contribution in [1.82, 2.24) is 5.32 Å². The van der Waals surface area contributed by atoms with E-state index >= 15 is 0 Å². The summed E-state index contributed by atoms with van der Waals surface area (Å²) in [6.07, 6.45) is 3.40. The van der Waals surface area contributed by atoms with Crippen LogP contribution in [-0.4, -0.2) is 24.4 Å². The average Bonchev–Trinajstić information content (AvgIpc) is 2.15. The van der Waals surface area contributed by atoms with Crippen LogP contribution in [0.1, 0.15) is 25.7 Å². The normalized spacial score (nSPS) is 27.1. The lowest BCUT2D eigenvalue weighted by Crippen LogP contribution is -2.40. The van der Waals surface area contributed by atoms with Crippen LogP contribution in [0, 0.1) is 5.92 Å². The maximum Gasteiger partial charge on any atom is 0.231 e. The zero-order valence-corrected chi connectivity index (χ0v) is 8.16. The number of nitrogens with two attached hydrogens (primary N) is 2. The Morgan fingerprint density at radius 2 is 1.71 bits per heavy atom. The van der Waals surface area contributed by atoms with Crippen molar-refractivity contribution in [2.45, 2.75) is 31.7 Å². The highest BCUT2D eigenvalue weighted by atomic mass is 16.1. The summed E-state index contributed by atoms with van der Waals surface area (Å²) in [6, 6.07) is 0.304. The first-order valence-electron chi connectivity index (χ1n) is 4.90. The summed E-state index contributed by atoms with van der Waals surface area (Å²) in [5.74, 6) is -0.540. The molecule has 1 aliphatic carbocycles. The van der Waals surface area contributed by atoms with E-state index in [0.29, 0.717) is 6.04 Å². The molecule has 1 fully saturated rings. The van der Waals surface area contributed by atoms with Gasteiger partial charge in [0.2, 0.25) is 11.8 Å². The summed E-state index contributed by atoms with van der Waals surface area (Å²) in [5.41, 5.74) is 10.2. The topological polar surface area (TPSA) is 98.2 Å². The van der Waals surface area contributed by atoms with Crippen LogP contribution in [0.25, 0.3) is 0 Å². The van der Waals surface area contributed by atoms with Crippen LogP contribution < -0.4 is 16.8 Å². The molecule has 0 aromatic carbocycles. The smallest absolute Gasteiger partial charge is 0.231 e. The Morgan fingerprint density at radius 3 is 2.14 bits per heavy atom. The Morgan fingerprint density at radius 1 is 1.14 bits per heavy atom. The molecule has 0 atom stereocenters. The molecule has 5 N–H and O–H groups in total. The molecule has 1 rings (SSSR count). The first-order valence-corrected chi connectivity index (χ1v) is 4.90. The van der Waals surface area contributed by atoms with E-state index in [9.17, 15) is 9.59 Å². The highest BCUT2D eigenvalue weighted by molar-refractivity contribution is 5.77. The van der Waals surface area contributed by atoms with Gasteiger partial charge >= 0.3 is 0 Å². The highest BCUT2D eigenvalue weighted by Crippen LogP contribution is 2.23. The van der Waals surface area contributed by atoms with Gasteiger partial charge in [-0.25, -0.2) is 0 Å². The van der Waals surface area contributed by atoms with E-state index in [4.69, 9.17) is 11.5 Å². The number of carbonyl (C=O) groups excluding carboxylic acids is 2. The Balaban J connectivity index is 2.22. The van der Waals surface area contributed by atoms with Crippen LogP contribution in [0.3, 0.4) is 0 Å². The summed E-state index contributed by atoms with van der Waals surface area (Å²) < 4.78 is 0. The van der Waals surface area contributed by atoms with Gasteiger partial charge in [0.25, 0.3) is 0 Å². The van der Waals surface area contributed by atoms with Crippen molar-refractivity contribution in [2.24, 2.45) is 17.4 Å². The second-order valence-electron chi connectivity index (χ2n) is 3.80. The van der Waals surface area contributed by atoms with E-state index in [-0.39, 0.29) is 24.3 Å². The Hall–Kier alpha value is -1.10. The van der Waals surface area contributed by atoms with Gasteiger partial charge in [0, 0.05) is 12.0 Å². The molecule has 0 aromatic rings. The first-order chi connectivity index (χ1) is 6.59. The molecule has 0 unspecified atom stereocenters. The minimum atomic E-state index is -0.345. The summed E-state index contributed by atoms with van der Waals surface area (Å²) >= 11 is 0. The Kier molecular flexibility index (Phi) is 3.88. The largest absolute Gasteiger partial charge is 0.369 e. The lowest BCUT2D eigenvalue weighted by molar-refractivity contribution is -0.123. The Labute approximate surface area is 83.2 Å². The molecule has 80 valence electrons. The minimum absolute atomic E-state index is 0.0154. The summed E-state index contributed by atoms with van der Waals surface area (Å²) in [5, 5.41) is 3.05. The van der Waals surface area contributed by atoms with Gasteiger partial charge in [-0.15, -0.1) is 0 Å². The van der Waals surface area contributed by atoms with Gasteiger partial charge in [0.1, 0.15) is 0 Å². The first kappa shape index (κ1) is 11.0. The fraction of sp³-hybridized carbons (Fsp3) is 0.778. The number of hydrogen-bond acceptors (Lipinski definition) is 3. The molecule has 14 heavy (non-hydrogen) atoms. The maximum absolute atomic E-state index is 10.9. The number of carbonyl (C=O) groups is 2. The molecule has 0 heterocycles. The number of hydrogen-bond donors (Lipinski definition) is 3. The van der Waals surface area contributed by atoms with Crippen LogP contribution in [0.15, 0.2) is 0 Å². The van der Waals surface area contributed by atoms with E-state index in [1.54, 1.807) is 0 Å². The number of rotatable bonds is 4. The number of primary amides is 2. The quantitative estimate of drug-likeness (QED) is 0.547. The number of nitrogens with one attached hydrogen (secondary N) is 1. The maximum atomic E-state index is 10.9. The molecule has 0 aromatic heterocycles. The molecular formula is C9H17N3O2. The molecule has 0 saturated heterocycles. The highest BCUT2D eigenvalue weighted by Gasteiger charge is 2.24. The lowest BCUT2D eigenvalue weighted by atomic mass is 9.85. The van der Waals surface area contributed by atoms with E-state index < -0.39 is 0 Å². The predicted molar refractivity (Wildman–Crippen MR) is 52.1 cm³/mol. The summed E-state index contributed by atoms with van der Waals surface area (Å²) in [4.78, 5) is 21.4. The van der Waals surface area contributed by atoms with E-state index in [0.717, 1.165) is 25.7 Å². The Bertz CT molecular complexity index is 222. The van der Waals surface area contributed by atoms with Gasteiger partial charge in [-0.05, 0) is 25.7 Å². The number of amides is 2. The SMILES string of the molecule is NC(=O)CNC1CCC(C(N)=O)CC1. The molecule has 0 radical (unpaired) electrons. The third-order valence-electron chi connectivity index (χ3n) is 2.69. The van der Waals surface area contributed by atoms with Crippen molar-refractivity contribution < 1.29 is 9.59 Å². The van der Waals surface area contributed by atoms with Crippen LogP contribution in [0.4, 0.5) is 0 Å². The van der Waals surface area contributed by atoms with Crippen molar-refractivity contribution in [1.29, 1.82) is 0 Å². The van der Waals surface area contributed by atoms with Crippen molar-refractivity contribution in [3.8, 4) is 0 Å². The zero-order chi connectivity index (χ0) is 10.6. The van der Waals surface area contributed by atoms with Crippen LogP contribution in [0.2, 0.25) is 0 Å². The molecule has 0 spiro atoms. The fourth-order valence-corrected chi connectivity index (χ4v) is 1.83. The molecule has 0 bridgehead atoms. The molecular weight excluding hydrogens is 182 g/mol. The summed E-state index contributed by atoms with van der Waals surface area (Å²) in [6.45, 7) is 0.214. The van der Waals surface area contributed by atoms with E-state index in [1.165, 1.54) is 0 Å². The van der Waals surface area contributed by atoms with Gasteiger partial charge < -0.3 is 16.8 Å². The van der Waals surface area contributed by atoms with Gasteiger partial charge in [-0.3, -0.25) is 9.59 Å². The van der Waals surface area contributed by atoms with Gasteiger partial charge in [0.15, 0.2) is 0 Å². The second-order valence-corrected chi connectivity index (χ2v) is 3.80. The predicted octanol–water partition coefficient (Wildman–Crippen LogP) is -0.895. The lowest BCUT2D eigenvalue weighted by Gasteiger charge is -2.26. The van der Waals surface area contributed by atoms with Gasteiger partial charge in [-0.2, -0.15) is 0 Å². The van der Waals surface area contributed by atoms with Crippen LogP contribution >= 0.6 is 0 Å². The van der Waals surface area contributed by atoms with Crippen molar-refractivity contribution >= 4 is 11.8 Å². The summed E-state index contributed by atoms with van der Waals surface area (Å²) in [7, 11) is 0.